The molecule has 1 heterocycles. The van der Waals surface area contributed by atoms with E-state index in [0.717, 1.165) is 42.3 Å². The van der Waals surface area contributed by atoms with Gasteiger partial charge in [0.2, 0.25) is 0 Å². The van der Waals surface area contributed by atoms with E-state index in [1.807, 2.05) is 4.68 Å². The van der Waals surface area contributed by atoms with Crippen molar-refractivity contribution in [3.05, 3.63) is 10.2 Å². The summed E-state index contributed by atoms with van der Waals surface area (Å²) in [6.45, 7) is 6.55. The van der Waals surface area contributed by atoms with E-state index in [4.69, 9.17) is 5.73 Å². The average Bonchev–Trinajstić information content (AvgIpc) is 2.56. The molecule has 19 heavy (non-hydrogen) atoms. The summed E-state index contributed by atoms with van der Waals surface area (Å²) in [4.78, 5) is 0. The third-order valence-corrected chi connectivity index (χ3v) is 4.52. The standard InChI is InChI=1S/C14H24BrN3O/c1-14(2,3)8-9-12(15)13(16)18(17-9)10-6-4-5-7-11(10)19/h10-11,19H,4-8,16H2,1-3H3. The highest BCUT2D eigenvalue weighted by atomic mass is 79.9. The van der Waals surface area contributed by atoms with E-state index in [-0.39, 0.29) is 17.6 Å². The maximum atomic E-state index is 10.1. The van der Waals surface area contributed by atoms with Gasteiger partial charge in [-0.15, -0.1) is 0 Å². The Morgan fingerprint density at radius 3 is 2.58 bits per heavy atom. The van der Waals surface area contributed by atoms with E-state index in [1.165, 1.54) is 0 Å². The smallest absolute Gasteiger partial charge is 0.136 e. The number of hydrogen-bond donors (Lipinski definition) is 2. The normalized spacial score (nSPS) is 24.7. The predicted molar refractivity (Wildman–Crippen MR) is 81.0 cm³/mol. The highest BCUT2D eigenvalue weighted by Crippen LogP contribution is 2.35. The molecule has 2 rings (SSSR count). The number of aromatic nitrogens is 2. The van der Waals surface area contributed by atoms with Crippen LogP contribution < -0.4 is 5.73 Å². The third kappa shape index (κ3) is 3.31. The van der Waals surface area contributed by atoms with Crippen molar-refractivity contribution >= 4 is 21.7 Å². The highest BCUT2D eigenvalue weighted by molar-refractivity contribution is 9.10. The van der Waals surface area contributed by atoms with Crippen molar-refractivity contribution in [1.29, 1.82) is 0 Å². The van der Waals surface area contributed by atoms with Crippen molar-refractivity contribution in [3.8, 4) is 0 Å². The van der Waals surface area contributed by atoms with Crippen molar-refractivity contribution in [2.75, 3.05) is 5.73 Å². The molecular formula is C14H24BrN3O. The molecule has 2 unspecified atom stereocenters. The summed E-state index contributed by atoms with van der Waals surface area (Å²) in [7, 11) is 0. The Hall–Kier alpha value is -0.550. The number of hydrogen-bond acceptors (Lipinski definition) is 3. The third-order valence-electron chi connectivity index (χ3n) is 3.66. The first-order valence-corrected chi connectivity index (χ1v) is 7.79. The van der Waals surface area contributed by atoms with Gasteiger partial charge in [-0.05, 0) is 40.6 Å². The van der Waals surface area contributed by atoms with Gasteiger partial charge in [-0.3, -0.25) is 0 Å². The zero-order valence-electron chi connectivity index (χ0n) is 12.0. The minimum atomic E-state index is -0.328. The molecule has 0 radical (unpaired) electrons. The van der Waals surface area contributed by atoms with Gasteiger partial charge in [-0.25, -0.2) is 4.68 Å². The predicted octanol–water partition coefficient (Wildman–Crippen LogP) is 3.29. The Labute approximate surface area is 123 Å². The van der Waals surface area contributed by atoms with Crippen molar-refractivity contribution in [1.82, 2.24) is 9.78 Å². The number of nitrogens with zero attached hydrogens (tertiary/aromatic N) is 2. The van der Waals surface area contributed by atoms with Crippen LogP contribution in [0.1, 0.15) is 58.2 Å². The second kappa shape index (κ2) is 5.44. The molecule has 3 N–H and O–H groups in total. The van der Waals surface area contributed by atoms with Crippen molar-refractivity contribution in [2.24, 2.45) is 5.41 Å². The summed E-state index contributed by atoms with van der Waals surface area (Å²) in [5.41, 5.74) is 7.31. The van der Waals surface area contributed by atoms with Gasteiger partial charge < -0.3 is 10.8 Å². The van der Waals surface area contributed by atoms with Gasteiger partial charge in [0, 0.05) is 0 Å². The lowest BCUT2D eigenvalue weighted by molar-refractivity contribution is 0.0703. The lowest BCUT2D eigenvalue weighted by Crippen LogP contribution is -2.29. The molecule has 0 aliphatic heterocycles. The minimum Gasteiger partial charge on any atom is -0.391 e. The number of nitrogens with two attached hydrogens (primary N) is 1. The van der Waals surface area contributed by atoms with Gasteiger partial charge in [0.1, 0.15) is 5.82 Å². The van der Waals surface area contributed by atoms with Crippen molar-refractivity contribution < 1.29 is 5.11 Å². The second-order valence-corrected chi connectivity index (χ2v) is 7.54. The fourth-order valence-electron chi connectivity index (χ4n) is 2.72. The first-order valence-electron chi connectivity index (χ1n) is 7.00. The van der Waals surface area contributed by atoms with Crippen LogP contribution in [-0.2, 0) is 6.42 Å². The van der Waals surface area contributed by atoms with Gasteiger partial charge in [-0.1, -0.05) is 33.6 Å². The van der Waals surface area contributed by atoms with E-state index in [1.54, 1.807) is 0 Å². The summed E-state index contributed by atoms with van der Waals surface area (Å²) in [5.74, 6) is 0.644. The molecule has 0 aromatic carbocycles. The molecule has 0 bridgehead atoms. The first-order chi connectivity index (χ1) is 8.79. The Kier molecular flexibility index (Phi) is 4.26. The van der Waals surface area contributed by atoms with Crippen LogP contribution in [0.4, 0.5) is 5.82 Å². The zero-order chi connectivity index (χ0) is 14.2. The van der Waals surface area contributed by atoms with E-state index in [2.05, 4.69) is 41.8 Å². The Balaban J connectivity index is 2.29. The molecule has 5 heteroatoms. The summed E-state index contributed by atoms with van der Waals surface area (Å²) >= 11 is 3.55. The molecular weight excluding hydrogens is 306 g/mol. The van der Waals surface area contributed by atoms with E-state index >= 15 is 0 Å². The van der Waals surface area contributed by atoms with Crippen LogP contribution in [0.25, 0.3) is 0 Å². The van der Waals surface area contributed by atoms with Crippen LogP contribution in [0.3, 0.4) is 0 Å². The first kappa shape index (κ1) is 14.9. The quantitative estimate of drug-likeness (QED) is 0.874. The Morgan fingerprint density at radius 2 is 2.00 bits per heavy atom. The Bertz CT molecular complexity index is 450. The maximum Gasteiger partial charge on any atom is 0.136 e. The minimum absolute atomic E-state index is 0.0266. The number of aliphatic hydroxyl groups is 1. The molecule has 1 aliphatic carbocycles. The number of nitrogen functional groups attached to an aromatic ring is 1. The van der Waals surface area contributed by atoms with Crippen molar-refractivity contribution in [2.45, 2.75) is 65.0 Å². The number of anilines is 1. The van der Waals surface area contributed by atoms with Crippen LogP contribution in [0.15, 0.2) is 4.47 Å². The molecule has 0 saturated heterocycles. The lowest BCUT2D eigenvalue weighted by Gasteiger charge is -2.28. The molecule has 1 aromatic rings. The van der Waals surface area contributed by atoms with Crippen LogP contribution >= 0.6 is 15.9 Å². The van der Waals surface area contributed by atoms with E-state index in [0.29, 0.717) is 5.82 Å². The van der Waals surface area contributed by atoms with E-state index < -0.39 is 0 Å². The summed E-state index contributed by atoms with van der Waals surface area (Å²) in [6, 6.07) is 0.0266. The summed E-state index contributed by atoms with van der Waals surface area (Å²) in [6.07, 6.45) is 4.56. The molecule has 2 atom stereocenters. The lowest BCUT2D eigenvalue weighted by atomic mass is 9.91. The molecule has 0 amide bonds. The fraction of sp³-hybridized carbons (Fsp3) is 0.786. The van der Waals surface area contributed by atoms with Crippen LogP contribution in [0.5, 0.6) is 0 Å². The SMILES string of the molecule is CC(C)(C)Cc1nn(C2CCCCC2O)c(N)c1Br. The maximum absolute atomic E-state index is 10.1. The van der Waals surface area contributed by atoms with Gasteiger partial charge in [0.05, 0.1) is 22.3 Å². The molecule has 4 nitrogen and oxygen atoms in total. The highest BCUT2D eigenvalue weighted by Gasteiger charge is 2.29. The molecule has 1 fully saturated rings. The molecule has 1 saturated carbocycles. The topological polar surface area (TPSA) is 64.1 Å². The number of aliphatic hydroxyl groups excluding tert-OH is 1. The Morgan fingerprint density at radius 1 is 1.37 bits per heavy atom. The molecule has 1 aliphatic rings. The average molecular weight is 330 g/mol. The number of halogens is 1. The zero-order valence-corrected chi connectivity index (χ0v) is 13.6. The van der Waals surface area contributed by atoms with Crippen molar-refractivity contribution in [3.63, 3.8) is 0 Å². The van der Waals surface area contributed by atoms with Gasteiger partial charge >= 0.3 is 0 Å². The monoisotopic (exact) mass is 329 g/mol. The largest absolute Gasteiger partial charge is 0.391 e. The van der Waals surface area contributed by atoms with Crippen LogP contribution in [0, 0.1) is 5.41 Å². The number of rotatable bonds is 2. The van der Waals surface area contributed by atoms with Crippen LogP contribution in [0.2, 0.25) is 0 Å². The molecule has 1 aromatic heterocycles. The molecule has 0 spiro atoms. The van der Waals surface area contributed by atoms with Gasteiger partial charge in [0.15, 0.2) is 0 Å². The summed E-state index contributed by atoms with van der Waals surface area (Å²) in [5, 5.41) is 14.8. The van der Waals surface area contributed by atoms with E-state index in [9.17, 15) is 5.11 Å². The van der Waals surface area contributed by atoms with Gasteiger partial charge in [0.25, 0.3) is 0 Å². The second-order valence-electron chi connectivity index (χ2n) is 6.75. The fourth-order valence-corrected chi connectivity index (χ4v) is 3.12. The molecule has 108 valence electrons. The summed E-state index contributed by atoms with van der Waals surface area (Å²) < 4.78 is 2.72. The van der Waals surface area contributed by atoms with Gasteiger partial charge in [-0.2, -0.15) is 5.10 Å². The van der Waals surface area contributed by atoms with Crippen LogP contribution in [-0.4, -0.2) is 21.0 Å².